The van der Waals surface area contributed by atoms with Crippen molar-refractivity contribution in [3.63, 3.8) is 0 Å². The first kappa shape index (κ1) is 21.4. The second-order valence-electron chi connectivity index (χ2n) is 9.18. The van der Waals surface area contributed by atoms with Crippen molar-refractivity contribution in [2.75, 3.05) is 25.0 Å². The van der Waals surface area contributed by atoms with E-state index in [4.69, 9.17) is 15.1 Å². The van der Waals surface area contributed by atoms with Crippen molar-refractivity contribution in [2.24, 2.45) is 0 Å². The van der Waals surface area contributed by atoms with Crippen LogP contribution in [0.4, 0.5) is 5.13 Å². The van der Waals surface area contributed by atoms with Crippen molar-refractivity contribution in [3.8, 4) is 21.8 Å². The Hall–Kier alpha value is -3.10. The maximum Gasteiger partial charge on any atom is 0.223 e. The van der Waals surface area contributed by atoms with Gasteiger partial charge < -0.3 is 10.2 Å². The van der Waals surface area contributed by atoms with Gasteiger partial charge in [0.2, 0.25) is 5.91 Å². The van der Waals surface area contributed by atoms with E-state index in [-0.39, 0.29) is 5.91 Å². The van der Waals surface area contributed by atoms with Crippen molar-refractivity contribution >= 4 is 33.3 Å². The Kier molecular flexibility index (Phi) is 5.42. The largest absolute Gasteiger partial charge is 0.303 e. The fourth-order valence-corrected chi connectivity index (χ4v) is 6.40. The first-order chi connectivity index (χ1) is 16.6. The number of benzene rings is 1. The summed E-state index contributed by atoms with van der Waals surface area (Å²) in [5, 5.41) is 9.95. The van der Waals surface area contributed by atoms with E-state index < -0.39 is 0 Å². The van der Waals surface area contributed by atoms with Crippen molar-refractivity contribution < 1.29 is 4.79 Å². The molecule has 0 saturated carbocycles. The maximum absolute atomic E-state index is 11.7. The number of hydrogen-bond donors (Lipinski definition) is 1. The first-order valence-electron chi connectivity index (χ1n) is 12.1. The van der Waals surface area contributed by atoms with E-state index in [1.807, 2.05) is 18.3 Å². The predicted molar refractivity (Wildman–Crippen MR) is 136 cm³/mol. The van der Waals surface area contributed by atoms with Crippen LogP contribution < -0.4 is 5.32 Å². The second-order valence-corrected chi connectivity index (χ2v) is 10.2. The minimum absolute atomic E-state index is 0.0882. The molecule has 8 heteroatoms. The second kappa shape index (κ2) is 8.60. The highest BCUT2D eigenvalue weighted by Crippen LogP contribution is 2.45. The fourth-order valence-electron chi connectivity index (χ4n) is 5.28. The van der Waals surface area contributed by atoms with E-state index in [0.717, 1.165) is 78.0 Å². The molecule has 7 nitrogen and oxygen atoms in total. The molecule has 0 atom stereocenters. The number of aryl methyl sites for hydroxylation is 1. The summed E-state index contributed by atoms with van der Waals surface area (Å²) in [6.45, 7) is 7.04. The van der Waals surface area contributed by atoms with E-state index in [9.17, 15) is 4.79 Å². The van der Waals surface area contributed by atoms with Crippen molar-refractivity contribution in [1.82, 2.24) is 24.6 Å². The van der Waals surface area contributed by atoms with Crippen molar-refractivity contribution in [2.45, 2.75) is 45.6 Å². The molecule has 3 aromatic heterocycles. The minimum Gasteiger partial charge on any atom is -0.303 e. The van der Waals surface area contributed by atoms with Gasteiger partial charge in [-0.2, -0.15) is 5.10 Å². The third kappa shape index (κ3) is 3.71. The molecule has 1 aliphatic heterocycles. The van der Waals surface area contributed by atoms with Crippen LogP contribution in [0.2, 0.25) is 0 Å². The van der Waals surface area contributed by atoms with Crippen LogP contribution in [0, 0.1) is 0 Å². The Morgan fingerprint density at radius 2 is 2.03 bits per heavy atom. The lowest BCUT2D eigenvalue weighted by atomic mass is 9.94. The lowest BCUT2D eigenvalue weighted by Gasteiger charge is -2.32. The molecular formula is C26H28N6OS. The smallest absolute Gasteiger partial charge is 0.223 e. The van der Waals surface area contributed by atoms with E-state index in [2.05, 4.69) is 40.0 Å². The number of para-hydroxylation sites is 1. The van der Waals surface area contributed by atoms with Crippen molar-refractivity contribution in [1.29, 1.82) is 0 Å². The van der Waals surface area contributed by atoms with E-state index in [1.165, 1.54) is 18.2 Å². The molecule has 2 aliphatic rings. The lowest BCUT2D eigenvalue weighted by Crippen LogP contribution is -2.34. The number of likely N-dealkylation sites (tertiary alicyclic amines) is 1. The van der Waals surface area contributed by atoms with Crippen LogP contribution in [0.25, 0.3) is 32.7 Å². The molecule has 1 aliphatic carbocycles. The highest BCUT2D eigenvalue weighted by Gasteiger charge is 2.33. The molecule has 1 amide bonds. The van der Waals surface area contributed by atoms with Crippen LogP contribution in [-0.4, -0.2) is 50.2 Å². The van der Waals surface area contributed by atoms with Crippen LogP contribution in [0.5, 0.6) is 0 Å². The molecule has 4 aromatic rings. The Morgan fingerprint density at radius 3 is 2.82 bits per heavy atom. The molecule has 4 heterocycles. The highest BCUT2D eigenvalue weighted by atomic mass is 32.1. The number of rotatable bonds is 4. The number of piperidine rings is 1. The van der Waals surface area contributed by atoms with Gasteiger partial charge in [0.25, 0.3) is 0 Å². The predicted octanol–water partition coefficient (Wildman–Crippen LogP) is 4.94. The molecule has 1 aromatic carbocycles. The highest BCUT2D eigenvalue weighted by molar-refractivity contribution is 7.19. The van der Waals surface area contributed by atoms with E-state index >= 15 is 0 Å². The molecule has 34 heavy (non-hydrogen) atoms. The van der Waals surface area contributed by atoms with Crippen LogP contribution in [-0.2, 0) is 17.6 Å². The minimum atomic E-state index is -0.0882. The Labute approximate surface area is 202 Å². The van der Waals surface area contributed by atoms with Gasteiger partial charge in [0, 0.05) is 42.7 Å². The number of aromatic nitrogens is 4. The number of hydrogen-bond acceptors (Lipinski definition) is 6. The molecule has 0 unspecified atom stereocenters. The number of amides is 1. The molecule has 1 N–H and O–H groups in total. The summed E-state index contributed by atoms with van der Waals surface area (Å²) in [6.07, 6.45) is 5.88. The maximum atomic E-state index is 11.7. The quantitative estimate of drug-likeness (QED) is 0.456. The summed E-state index contributed by atoms with van der Waals surface area (Å²) in [6, 6.07) is 10.8. The van der Waals surface area contributed by atoms with Crippen LogP contribution in [0.15, 0.2) is 36.5 Å². The summed E-state index contributed by atoms with van der Waals surface area (Å²) in [7, 11) is 0. The molecule has 1 saturated heterocycles. The standard InChI is InChI=1S/C26H28N6OS/c1-3-31-12-10-19(11-13-31)32-24-20(8-9-22-25(24)34-26(29-22)28-16(2)33)23(30-32)18-14-17-6-4-5-7-21(17)27-15-18/h4-7,14-15,19H,3,8-13H2,1-2H3,(H,28,29,33). The number of pyridine rings is 1. The Morgan fingerprint density at radius 1 is 1.21 bits per heavy atom. The molecule has 174 valence electrons. The zero-order chi connectivity index (χ0) is 23.2. The molecule has 0 radical (unpaired) electrons. The average molecular weight is 473 g/mol. The number of nitrogens with zero attached hydrogens (tertiary/aromatic N) is 5. The topological polar surface area (TPSA) is 75.9 Å². The lowest BCUT2D eigenvalue weighted by molar-refractivity contribution is -0.114. The van der Waals surface area contributed by atoms with Gasteiger partial charge in [-0.25, -0.2) is 4.98 Å². The fraction of sp³-hybridized carbons (Fsp3) is 0.385. The number of anilines is 1. The van der Waals surface area contributed by atoms with Crippen LogP contribution >= 0.6 is 11.3 Å². The SMILES string of the molecule is CCN1CCC(n2nc(-c3cnc4ccccc4c3)c3c2-c2sc(NC(C)=O)nc2CC3)CC1. The van der Waals surface area contributed by atoms with Gasteiger partial charge in [-0.1, -0.05) is 36.5 Å². The molecular weight excluding hydrogens is 444 g/mol. The number of thiazole rings is 1. The zero-order valence-corrected chi connectivity index (χ0v) is 20.4. The van der Waals surface area contributed by atoms with E-state index in [1.54, 1.807) is 11.3 Å². The van der Waals surface area contributed by atoms with Gasteiger partial charge in [0.1, 0.15) is 0 Å². The Balaban J connectivity index is 1.49. The zero-order valence-electron chi connectivity index (χ0n) is 19.5. The number of fused-ring (bicyclic) bond motifs is 4. The average Bonchev–Trinajstić information content (AvgIpc) is 3.44. The third-order valence-corrected chi connectivity index (χ3v) is 8.05. The summed E-state index contributed by atoms with van der Waals surface area (Å²) < 4.78 is 2.28. The van der Waals surface area contributed by atoms with Gasteiger partial charge >= 0.3 is 0 Å². The van der Waals surface area contributed by atoms with Gasteiger partial charge in [-0.15, -0.1) is 0 Å². The normalized spacial score (nSPS) is 16.4. The third-order valence-electron chi connectivity index (χ3n) is 7.03. The number of nitrogens with one attached hydrogen (secondary N) is 1. The van der Waals surface area contributed by atoms with E-state index in [0.29, 0.717) is 11.2 Å². The van der Waals surface area contributed by atoms with Crippen LogP contribution in [0.3, 0.4) is 0 Å². The molecule has 0 spiro atoms. The first-order valence-corrected chi connectivity index (χ1v) is 12.9. The summed E-state index contributed by atoms with van der Waals surface area (Å²) in [5.41, 5.74) is 6.63. The summed E-state index contributed by atoms with van der Waals surface area (Å²) in [5.74, 6) is -0.0882. The molecule has 6 rings (SSSR count). The number of carbonyl (C=O) groups excluding carboxylic acids is 1. The molecule has 0 bridgehead atoms. The Bertz CT molecular complexity index is 1380. The van der Waals surface area contributed by atoms with Gasteiger partial charge in [0.15, 0.2) is 5.13 Å². The molecule has 1 fully saturated rings. The van der Waals surface area contributed by atoms with Crippen molar-refractivity contribution in [3.05, 3.63) is 47.8 Å². The summed E-state index contributed by atoms with van der Waals surface area (Å²) in [4.78, 5) is 24.8. The summed E-state index contributed by atoms with van der Waals surface area (Å²) >= 11 is 1.57. The monoisotopic (exact) mass is 472 g/mol. The van der Waals surface area contributed by atoms with Crippen LogP contribution in [0.1, 0.15) is 44.0 Å². The van der Waals surface area contributed by atoms with Gasteiger partial charge in [-0.05, 0) is 44.4 Å². The van der Waals surface area contributed by atoms with Gasteiger partial charge in [-0.3, -0.25) is 14.5 Å². The van der Waals surface area contributed by atoms with Gasteiger partial charge in [0.05, 0.1) is 33.5 Å². The number of carbonyl (C=O) groups is 1.